The van der Waals surface area contributed by atoms with Crippen molar-refractivity contribution in [1.29, 1.82) is 0 Å². The molecule has 0 amide bonds. The summed E-state index contributed by atoms with van der Waals surface area (Å²) < 4.78 is 3.61. The molecule has 8 heteroatoms. The third kappa shape index (κ3) is 2.21. The number of hydrogen-bond donors (Lipinski definition) is 0. The van der Waals surface area contributed by atoms with Gasteiger partial charge < -0.3 is 0 Å². The summed E-state index contributed by atoms with van der Waals surface area (Å²) in [5.74, 6) is 0. The van der Waals surface area contributed by atoms with Crippen LogP contribution < -0.4 is 0 Å². The normalized spacial score (nSPS) is 11.0. The zero-order chi connectivity index (χ0) is 16.7. The van der Waals surface area contributed by atoms with E-state index in [4.69, 9.17) is 0 Å². The Morgan fingerprint density at radius 3 is 2.75 bits per heavy atom. The van der Waals surface area contributed by atoms with E-state index in [0.29, 0.717) is 0 Å². The molecule has 0 spiro atoms. The molecule has 0 aliphatic rings. The number of nitrogens with zero attached hydrogens (tertiary/aromatic N) is 6. The van der Waals surface area contributed by atoms with Crippen LogP contribution in [0.3, 0.4) is 0 Å². The lowest BCUT2D eigenvalue weighted by Crippen LogP contribution is -1.98. The summed E-state index contributed by atoms with van der Waals surface area (Å²) in [4.78, 5) is 10.7. The van der Waals surface area contributed by atoms with E-state index < -0.39 is 4.92 Å². The molecule has 0 aliphatic heterocycles. The minimum absolute atomic E-state index is 0.0560. The van der Waals surface area contributed by atoms with Gasteiger partial charge in [0.2, 0.25) is 0 Å². The molecule has 118 valence electrons. The summed E-state index contributed by atoms with van der Waals surface area (Å²) in [6.07, 6.45) is 6.90. The molecule has 3 aromatic heterocycles. The first kappa shape index (κ1) is 14.1. The minimum Gasteiger partial charge on any atom is -0.300 e. The Balaban J connectivity index is 1.88. The fourth-order valence-electron chi connectivity index (χ4n) is 2.64. The van der Waals surface area contributed by atoms with Gasteiger partial charge in [-0.05, 0) is 18.6 Å². The molecule has 0 saturated heterocycles. The van der Waals surface area contributed by atoms with E-state index in [0.717, 1.165) is 28.2 Å². The maximum atomic E-state index is 11.1. The summed E-state index contributed by atoms with van der Waals surface area (Å²) in [6.45, 7) is 1.92. The zero-order valence-electron chi connectivity index (χ0n) is 12.7. The monoisotopic (exact) mass is 320 g/mol. The van der Waals surface area contributed by atoms with Gasteiger partial charge in [0, 0.05) is 36.2 Å². The number of imidazole rings is 1. The van der Waals surface area contributed by atoms with Crippen LogP contribution in [0.1, 0.15) is 5.56 Å². The van der Waals surface area contributed by atoms with Crippen molar-refractivity contribution in [1.82, 2.24) is 24.4 Å². The second-order valence-corrected chi connectivity index (χ2v) is 5.36. The molecule has 8 nitrogen and oxygen atoms in total. The Labute approximate surface area is 136 Å². The van der Waals surface area contributed by atoms with Gasteiger partial charge in [0.15, 0.2) is 0 Å². The first-order valence-corrected chi connectivity index (χ1v) is 7.23. The van der Waals surface area contributed by atoms with E-state index in [9.17, 15) is 10.1 Å². The molecule has 0 atom stereocenters. The number of nitro benzene ring substituents is 1. The second-order valence-electron chi connectivity index (χ2n) is 5.36. The van der Waals surface area contributed by atoms with E-state index in [1.165, 1.54) is 6.07 Å². The highest BCUT2D eigenvalue weighted by Crippen LogP contribution is 2.25. The van der Waals surface area contributed by atoms with E-state index in [1.807, 2.05) is 36.0 Å². The fraction of sp³-hybridized carbons (Fsp3) is 0.0625. The standard InChI is InChI=1S/C16H12N6O2/c1-11-2-3-13(22(23)24)8-15(11)20-6-7-21-16(20)9-14(19-21)12-4-5-17-18-10-12/h2-10H,1H3. The van der Waals surface area contributed by atoms with Gasteiger partial charge >= 0.3 is 0 Å². The van der Waals surface area contributed by atoms with Crippen LogP contribution in [-0.4, -0.2) is 29.3 Å². The molecule has 3 heterocycles. The highest BCUT2D eigenvalue weighted by Gasteiger charge is 2.14. The third-order valence-corrected chi connectivity index (χ3v) is 3.86. The Morgan fingerprint density at radius 2 is 2.00 bits per heavy atom. The molecule has 0 unspecified atom stereocenters. The number of hydrogen-bond acceptors (Lipinski definition) is 5. The van der Waals surface area contributed by atoms with Crippen LogP contribution in [-0.2, 0) is 0 Å². The van der Waals surface area contributed by atoms with Crippen LogP contribution in [0, 0.1) is 17.0 Å². The van der Waals surface area contributed by atoms with E-state index in [-0.39, 0.29) is 5.69 Å². The van der Waals surface area contributed by atoms with E-state index in [1.54, 1.807) is 29.0 Å². The van der Waals surface area contributed by atoms with Crippen LogP contribution in [0.15, 0.2) is 55.1 Å². The summed E-state index contributed by atoms with van der Waals surface area (Å²) in [7, 11) is 0. The van der Waals surface area contributed by atoms with Crippen molar-refractivity contribution in [2.24, 2.45) is 0 Å². The van der Waals surface area contributed by atoms with Gasteiger partial charge in [-0.1, -0.05) is 6.07 Å². The lowest BCUT2D eigenvalue weighted by Gasteiger charge is -2.07. The van der Waals surface area contributed by atoms with E-state index >= 15 is 0 Å². The Morgan fingerprint density at radius 1 is 1.12 bits per heavy atom. The molecular formula is C16H12N6O2. The third-order valence-electron chi connectivity index (χ3n) is 3.86. The SMILES string of the molecule is Cc1ccc([N+](=O)[O-])cc1-n1ccn2nc(-c3ccnnc3)cc12. The predicted molar refractivity (Wildman–Crippen MR) is 86.9 cm³/mol. The molecular weight excluding hydrogens is 308 g/mol. The Kier molecular flexibility index (Phi) is 3.09. The number of benzene rings is 1. The molecule has 0 radical (unpaired) electrons. The van der Waals surface area contributed by atoms with Gasteiger partial charge in [0.05, 0.1) is 28.7 Å². The predicted octanol–water partition coefficient (Wildman–Crippen LogP) is 2.80. The average molecular weight is 320 g/mol. The Hall–Kier alpha value is -3.55. The van der Waals surface area contributed by atoms with Crippen LogP contribution in [0.25, 0.3) is 22.6 Å². The van der Waals surface area contributed by atoms with Gasteiger partial charge in [-0.25, -0.2) is 4.52 Å². The lowest BCUT2D eigenvalue weighted by molar-refractivity contribution is -0.384. The molecule has 0 fully saturated rings. The van der Waals surface area contributed by atoms with Gasteiger partial charge in [-0.3, -0.25) is 14.7 Å². The molecule has 0 saturated carbocycles. The van der Waals surface area contributed by atoms with Crippen LogP contribution in [0.5, 0.6) is 0 Å². The van der Waals surface area contributed by atoms with Gasteiger partial charge in [-0.2, -0.15) is 15.3 Å². The topological polar surface area (TPSA) is 91.2 Å². The number of rotatable bonds is 3. The van der Waals surface area contributed by atoms with Crippen LogP contribution in [0.2, 0.25) is 0 Å². The van der Waals surface area contributed by atoms with Crippen LogP contribution >= 0.6 is 0 Å². The highest BCUT2D eigenvalue weighted by molar-refractivity contribution is 5.65. The molecule has 0 bridgehead atoms. The molecule has 4 rings (SSSR count). The van der Waals surface area contributed by atoms with Crippen molar-refractivity contribution < 1.29 is 4.92 Å². The smallest absolute Gasteiger partial charge is 0.271 e. The molecule has 4 aromatic rings. The van der Waals surface area contributed by atoms with Gasteiger partial charge in [0.25, 0.3) is 5.69 Å². The van der Waals surface area contributed by atoms with Crippen molar-refractivity contribution in [2.45, 2.75) is 6.92 Å². The first-order chi connectivity index (χ1) is 11.6. The number of fused-ring (bicyclic) bond motifs is 1. The Bertz CT molecular complexity index is 1050. The van der Waals surface area contributed by atoms with E-state index in [2.05, 4.69) is 15.3 Å². The van der Waals surface area contributed by atoms with Crippen molar-refractivity contribution in [3.05, 3.63) is 70.8 Å². The number of non-ortho nitro benzene ring substituents is 1. The zero-order valence-corrected chi connectivity index (χ0v) is 12.7. The van der Waals surface area contributed by atoms with Crippen molar-refractivity contribution >= 4 is 11.3 Å². The number of aryl methyl sites for hydroxylation is 1. The summed E-state index contributed by atoms with van der Waals surface area (Å²) in [5, 5.41) is 23.2. The first-order valence-electron chi connectivity index (χ1n) is 7.23. The maximum Gasteiger partial charge on any atom is 0.271 e. The molecule has 0 N–H and O–H groups in total. The summed E-state index contributed by atoms with van der Waals surface area (Å²) in [5.41, 5.74) is 4.17. The lowest BCUT2D eigenvalue weighted by atomic mass is 10.2. The number of nitro groups is 1. The largest absolute Gasteiger partial charge is 0.300 e. The summed E-state index contributed by atoms with van der Waals surface area (Å²) >= 11 is 0. The van der Waals surface area contributed by atoms with Crippen molar-refractivity contribution in [2.75, 3.05) is 0 Å². The fourth-order valence-corrected chi connectivity index (χ4v) is 2.64. The van der Waals surface area contributed by atoms with Gasteiger partial charge in [0.1, 0.15) is 5.65 Å². The van der Waals surface area contributed by atoms with Crippen molar-refractivity contribution in [3.63, 3.8) is 0 Å². The number of aromatic nitrogens is 5. The molecule has 1 aromatic carbocycles. The average Bonchev–Trinajstić information content (AvgIpc) is 3.16. The molecule has 24 heavy (non-hydrogen) atoms. The second kappa shape index (κ2) is 5.27. The summed E-state index contributed by atoms with van der Waals surface area (Å²) in [6, 6.07) is 8.56. The quantitative estimate of drug-likeness (QED) is 0.427. The van der Waals surface area contributed by atoms with Crippen LogP contribution in [0.4, 0.5) is 5.69 Å². The molecule has 0 aliphatic carbocycles. The maximum absolute atomic E-state index is 11.1. The minimum atomic E-state index is -0.395. The van der Waals surface area contributed by atoms with Crippen molar-refractivity contribution in [3.8, 4) is 16.9 Å². The highest BCUT2D eigenvalue weighted by atomic mass is 16.6. The van der Waals surface area contributed by atoms with Gasteiger partial charge in [-0.15, -0.1) is 0 Å².